The molecule has 1 saturated heterocycles. The lowest BCUT2D eigenvalue weighted by Gasteiger charge is -2.21. The number of unbranched alkanes of at least 4 members (excludes halogenated alkanes) is 11. The van der Waals surface area contributed by atoms with Gasteiger partial charge in [-0.15, -0.1) is 0 Å². The fraction of sp³-hybridized carbons (Fsp3) is 0.600. The molecule has 1 aromatic heterocycles. The largest absolute Gasteiger partial charge is 0.481 e. The average molecular weight is 1110 g/mol. The molecule has 76 heavy (non-hydrogen) atoms. The lowest BCUT2D eigenvalue weighted by molar-refractivity contribution is -0.161. The van der Waals surface area contributed by atoms with Crippen molar-refractivity contribution in [2.45, 2.75) is 192 Å². The van der Waals surface area contributed by atoms with Crippen molar-refractivity contribution in [3.8, 4) is 0 Å². The summed E-state index contributed by atoms with van der Waals surface area (Å²) in [5, 5.41) is 30.7. The summed E-state index contributed by atoms with van der Waals surface area (Å²) < 4.78 is 56.8. The summed E-state index contributed by atoms with van der Waals surface area (Å²) in [4.78, 5) is 62.0. The number of hydrogen-bond acceptors (Lipinski definition) is 16. The molecule has 2 heterocycles. The van der Waals surface area contributed by atoms with Gasteiger partial charge in [0.2, 0.25) is 0 Å². The van der Waals surface area contributed by atoms with Gasteiger partial charge in [0.1, 0.15) is 30.7 Å². The summed E-state index contributed by atoms with van der Waals surface area (Å²) in [5.41, 5.74) is 4.58. The molecule has 0 aliphatic carbocycles. The number of ether oxygens (including phenoxy) is 3. The number of nitrogens with two attached hydrogens (primary N) is 1. The molecular formula is C55H87N3O16P2. The molecule has 19 nitrogen and oxygen atoms in total. The van der Waals surface area contributed by atoms with E-state index < -0.39 is 89.8 Å². The number of carbonyl (C=O) groups is 2. The first-order valence-corrected chi connectivity index (χ1v) is 29.8. The van der Waals surface area contributed by atoms with Crippen molar-refractivity contribution >= 4 is 33.4 Å². The van der Waals surface area contributed by atoms with Gasteiger partial charge in [-0.25, -0.2) is 13.9 Å². The van der Waals surface area contributed by atoms with Crippen LogP contribution in [0.4, 0.5) is 5.82 Å². The van der Waals surface area contributed by atoms with Gasteiger partial charge in [-0.05, 0) is 89.5 Å². The van der Waals surface area contributed by atoms with Gasteiger partial charge < -0.3 is 45.1 Å². The van der Waals surface area contributed by atoms with E-state index in [-0.39, 0.29) is 18.7 Å². The van der Waals surface area contributed by atoms with E-state index in [9.17, 15) is 48.6 Å². The standard InChI is InChI=1S/C55H87N3O16P2/c1-3-5-7-8-9-10-11-12-13-14-15-16-17-18-19-24-27-30-33-36-40-51(61)72-47(43-69-50(60)39-35-32-29-26-23-21-20-22-25-28-31-34-38-46(59)37-6-4-2)44-70-75(65,66)74-76(67,68)71-45-48-52(62)53(63)54(73-48)58-42-41-49(56)57-55(58)64/h6,10-11,13-14,16-17,20-21,25-26,28-29,31,34,37,41-42,46-48,52-54,59,62-63H,3-5,7-9,12,15,18-19,22-24,27,30,32-33,35-36,38-40,43-45H2,1-2H3,(H,65,66)(H,67,68)(H2,56,57,64)/b11-10-,14-13-,17-16-,21-20-,28-25-,29-26-,34-31+,37-6-/t46?,47-,48-,52-,53-,54-/m1/s1. The zero-order valence-electron chi connectivity index (χ0n) is 44.6. The van der Waals surface area contributed by atoms with Crippen molar-refractivity contribution in [2.24, 2.45) is 0 Å². The third-order valence-electron chi connectivity index (χ3n) is 11.5. The second kappa shape index (κ2) is 41.7. The van der Waals surface area contributed by atoms with Crippen LogP contribution in [0, 0.1) is 0 Å². The molecule has 0 saturated carbocycles. The first kappa shape index (κ1) is 67.7. The minimum atomic E-state index is -5.45. The molecule has 0 aromatic carbocycles. The monoisotopic (exact) mass is 1110 g/mol. The maximum absolute atomic E-state index is 12.9. The highest BCUT2D eigenvalue weighted by molar-refractivity contribution is 7.61. The number of aliphatic hydroxyl groups excluding tert-OH is 3. The third-order valence-corrected chi connectivity index (χ3v) is 14.1. The Morgan fingerprint density at radius 2 is 1.26 bits per heavy atom. The highest BCUT2D eigenvalue weighted by Crippen LogP contribution is 2.60. The van der Waals surface area contributed by atoms with Gasteiger partial charge in [0.25, 0.3) is 0 Å². The predicted molar refractivity (Wildman–Crippen MR) is 294 cm³/mol. The Balaban J connectivity index is 1.82. The van der Waals surface area contributed by atoms with Crippen LogP contribution in [-0.4, -0.2) is 96.9 Å². The van der Waals surface area contributed by atoms with Gasteiger partial charge in [0.15, 0.2) is 12.3 Å². The predicted octanol–water partition coefficient (Wildman–Crippen LogP) is 10.6. The highest BCUT2D eigenvalue weighted by atomic mass is 31.3. The second-order valence-corrected chi connectivity index (χ2v) is 21.2. The molecule has 1 aromatic rings. The minimum absolute atomic E-state index is 0.00923. The summed E-state index contributed by atoms with van der Waals surface area (Å²) in [6, 6.07) is 1.24. The van der Waals surface area contributed by atoms with Gasteiger partial charge in [-0.1, -0.05) is 156 Å². The van der Waals surface area contributed by atoms with Gasteiger partial charge in [0.05, 0.1) is 19.3 Å². The Morgan fingerprint density at radius 1 is 0.711 bits per heavy atom. The summed E-state index contributed by atoms with van der Waals surface area (Å²) in [6.07, 6.45) is 43.9. The van der Waals surface area contributed by atoms with Crippen LogP contribution in [0.5, 0.6) is 0 Å². The lowest BCUT2D eigenvalue weighted by Crippen LogP contribution is -2.36. The molecule has 3 unspecified atom stereocenters. The van der Waals surface area contributed by atoms with Gasteiger partial charge in [0, 0.05) is 19.0 Å². The number of anilines is 1. The highest BCUT2D eigenvalue weighted by Gasteiger charge is 2.46. The lowest BCUT2D eigenvalue weighted by atomic mass is 10.1. The van der Waals surface area contributed by atoms with Crippen LogP contribution >= 0.6 is 15.6 Å². The van der Waals surface area contributed by atoms with E-state index in [2.05, 4.69) is 52.7 Å². The SMILES string of the molecule is CC/C=C\C(O)C/C=C/C=C\C/C=C\C/C=C\CCCC(=O)OC[C@H](COP(=O)(O)OP(=O)(O)OC[C@H]1O[C@@H](n2ccc(N)nc2=O)[C@H](O)[C@@H]1O)OC(=O)CCCCCCCC/C=C\C/C=C\C/C=C\CCCCCC. The number of aliphatic hydroxyl groups is 3. The number of rotatable bonds is 43. The average Bonchev–Trinajstić information content (AvgIpc) is 3.66. The Morgan fingerprint density at radius 3 is 1.89 bits per heavy atom. The van der Waals surface area contributed by atoms with E-state index in [1.165, 1.54) is 31.7 Å². The number of aromatic nitrogens is 2. The van der Waals surface area contributed by atoms with Gasteiger partial charge in [-0.3, -0.25) is 23.2 Å². The van der Waals surface area contributed by atoms with Crippen molar-refractivity contribution in [1.82, 2.24) is 9.55 Å². The molecule has 0 amide bonds. The maximum atomic E-state index is 12.9. The van der Waals surface area contributed by atoms with E-state index in [4.69, 9.17) is 29.0 Å². The van der Waals surface area contributed by atoms with Gasteiger partial charge in [-0.2, -0.15) is 9.29 Å². The van der Waals surface area contributed by atoms with Crippen molar-refractivity contribution in [3.63, 3.8) is 0 Å². The number of carbonyl (C=O) groups excluding carboxylic acids is 2. The number of esters is 2. The number of allylic oxidation sites excluding steroid dienone is 14. The van der Waals surface area contributed by atoms with Crippen LogP contribution in [0.2, 0.25) is 0 Å². The Labute approximate surface area is 450 Å². The summed E-state index contributed by atoms with van der Waals surface area (Å²) in [6.45, 7) is 1.83. The zero-order valence-corrected chi connectivity index (χ0v) is 46.4. The topological polar surface area (TPSA) is 286 Å². The quantitative estimate of drug-likeness (QED) is 0.0116. The second-order valence-electron chi connectivity index (χ2n) is 18.2. The molecule has 1 fully saturated rings. The molecule has 0 radical (unpaired) electrons. The van der Waals surface area contributed by atoms with E-state index >= 15 is 0 Å². The number of phosphoric acid groups is 2. The number of nitrogens with zero attached hydrogens (tertiary/aromatic N) is 2. The molecule has 21 heteroatoms. The third kappa shape index (κ3) is 33.7. The van der Waals surface area contributed by atoms with Crippen LogP contribution in [0.25, 0.3) is 0 Å². The van der Waals surface area contributed by atoms with E-state index in [0.29, 0.717) is 32.1 Å². The van der Waals surface area contributed by atoms with Crippen LogP contribution in [-0.2, 0) is 46.3 Å². The molecular weight excluding hydrogens is 1020 g/mol. The molecule has 1 aliphatic heterocycles. The molecule has 2 rings (SSSR count). The summed E-state index contributed by atoms with van der Waals surface area (Å²) >= 11 is 0. The molecule has 8 atom stereocenters. The van der Waals surface area contributed by atoms with E-state index in [1.54, 1.807) is 6.08 Å². The minimum Gasteiger partial charge on any atom is -0.462 e. The number of phosphoric ester groups is 2. The summed E-state index contributed by atoms with van der Waals surface area (Å²) in [5.74, 6) is -1.42. The zero-order chi connectivity index (χ0) is 55.7. The van der Waals surface area contributed by atoms with Crippen LogP contribution in [0.15, 0.2) is 114 Å². The van der Waals surface area contributed by atoms with E-state index in [0.717, 1.165) is 81.4 Å². The van der Waals surface area contributed by atoms with Crippen LogP contribution in [0.1, 0.15) is 161 Å². The Kier molecular flexibility index (Phi) is 37.2. The fourth-order valence-electron chi connectivity index (χ4n) is 7.32. The molecule has 7 N–H and O–H groups in total. The fourth-order valence-corrected chi connectivity index (χ4v) is 9.43. The Hall–Kier alpha value is -4.36. The van der Waals surface area contributed by atoms with Crippen molar-refractivity contribution < 1.29 is 71.4 Å². The molecule has 428 valence electrons. The number of hydrogen-bond donors (Lipinski definition) is 6. The maximum Gasteiger partial charge on any atom is 0.481 e. The molecule has 0 bridgehead atoms. The summed E-state index contributed by atoms with van der Waals surface area (Å²) in [7, 11) is -10.9. The van der Waals surface area contributed by atoms with Gasteiger partial charge >= 0.3 is 33.3 Å². The first-order valence-electron chi connectivity index (χ1n) is 26.9. The van der Waals surface area contributed by atoms with Crippen LogP contribution < -0.4 is 11.4 Å². The van der Waals surface area contributed by atoms with E-state index in [1.807, 2.05) is 61.6 Å². The van der Waals surface area contributed by atoms with Crippen LogP contribution in [0.3, 0.4) is 0 Å². The van der Waals surface area contributed by atoms with Crippen molar-refractivity contribution in [3.05, 3.63) is 120 Å². The Bertz CT molecular complexity index is 2170. The molecule has 1 aliphatic rings. The van der Waals surface area contributed by atoms with Crippen molar-refractivity contribution in [1.29, 1.82) is 0 Å². The number of nitrogen functional groups attached to an aromatic ring is 1. The molecule has 0 spiro atoms. The normalized spacial score (nSPS) is 19.9. The smallest absolute Gasteiger partial charge is 0.462 e. The first-order chi connectivity index (χ1) is 36.6. The van der Waals surface area contributed by atoms with Crippen molar-refractivity contribution in [2.75, 3.05) is 25.6 Å².